The van der Waals surface area contributed by atoms with Crippen molar-refractivity contribution in [3.63, 3.8) is 0 Å². The summed E-state index contributed by atoms with van der Waals surface area (Å²) >= 11 is 0. The lowest BCUT2D eigenvalue weighted by Crippen LogP contribution is -2.47. The van der Waals surface area contributed by atoms with Gasteiger partial charge in [0.1, 0.15) is 5.75 Å². The zero-order valence-electron chi connectivity index (χ0n) is 14.0. The number of aliphatic hydroxyl groups excluding tert-OH is 1. The molecule has 0 aromatic heterocycles. The molecule has 132 valence electrons. The quantitative estimate of drug-likeness (QED) is 0.878. The van der Waals surface area contributed by atoms with Gasteiger partial charge in [0.15, 0.2) is 6.29 Å². The monoisotopic (exact) mass is 341 g/mol. The number of nitrogens with zero attached hydrogens (tertiary/aromatic N) is 1. The van der Waals surface area contributed by atoms with E-state index >= 15 is 0 Å². The van der Waals surface area contributed by atoms with E-state index in [-0.39, 0.29) is 18.1 Å². The summed E-state index contributed by atoms with van der Waals surface area (Å²) in [5.41, 5.74) is 2.94. The fourth-order valence-corrected chi connectivity index (χ4v) is 3.65. The van der Waals surface area contributed by atoms with Gasteiger partial charge in [0.2, 0.25) is 0 Å². The van der Waals surface area contributed by atoms with Crippen LogP contribution in [-0.4, -0.2) is 47.5 Å². The van der Waals surface area contributed by atoms with Crippen molar-refractivity contribution >= 4 is 0 Å². The maximum Gasteiger partial charge on any atom is 0.183 e. The van der Waals surface area contributed by atoms with Gasteiger partial charge in [-0.2, -0.15) is 0 Å². The van der Waals surface area contributed by atoms with Gasteiger partial charge in [-0.1, -0.05) is 36.4 Å². The molecule has 0 amide bonds. The minimum absolute atomic E-state index is 0.123. The average molecular weight is 341 g/mol. The number of aromatic hydroxyl groups is 1. The molecule has 2 aromatic rings. The number of ether oxygens (including phenoxy) is 2. The zero-order valence-corrected chi connectivity index (χ0v) is 14.0. The number of benzene rings is 2. The summed E-state index contributed by atoms with van der Waals surface area (Å²) in [5, 5.41) is 20.2. The van der Waals surface area contributed by atoms with Gasteiger partial charge < -0.3 is 19.7 Å². The Kier molecular flexibility index (Phi) is 4.72. The number of hydrogen-bond donors (Lipinski definition) is 2. The molecule has 5 nitrogen and oxygen atoms in total. The molecule has 0 bridgehead atoms. The lowest BCUT2D eigenvalue weighted by molar-refractivity contribution is -0.210. The lowest BCUT2D eigenvalue weighted by atomic mass is 10.0. The first-order valence-corrected chi connectivity index (χ1v) is 8.73. The molecule has 2 heterocycles. The van der Waals surface area contributed by atoms with Crippen LogP contribution in [0.1, 0.15) is 29.1 Å². The van der Waals surface area contributed by atoms with Gasteiger partial charge in [-0.3, -0.25) is 4.90 Å². The molecule has 25 heavy (non-hydrogen) atoms. The Morgan fingerprint density at radius 1 is 1.00 bits per heavy atom. The van der Waals surface area contributed by atoms with E-state index < -0.39 is 6.10 Å². The van der Waals surface area contributed by atoms with Gasteiger partial charge in [-0.15, -0.1) is 0 Å². The summed E-state index contributed by atoms with van der Waals surface area (Å²) in [5.74, 6) is 0.245. The van der Waals surface area contributed by atoms with Crippen molar-refractivity contribution in [2.24, 2.45) is 0 Å². The smallest absolute Gasteiger partial charge is 0.183 e. The Balaban J connectivity index is 1.41. The SMILES string of the molecule is Oc1ccc2c(c1)CCN(C1COC(c3ccccc3)OC1)CC2O. The summed E-state index contributed by atoms with van der Waals surface area (Å²) in [6.45, 7) is 2.51. The Morgan fingerprint density at radius 2 is 1.76 bits per heavy atom. The molecule has 0 aliphatic carbocycles. The van der Waals surface area contributed by atoms with Crippen LogP contribution in [0.3, 0.4) is 0 Å². The van der Waals surface area contributed by atoms with E-state index in [0.29, 0.717) is 19.8 Å². The second-order valence-electron chi connectivity index (χ2n) is 6.71. The molecule has 0 saturated carbocycles. The fourth-order valence-electron chi connectivity index (χ4n) is 3.65. The van der Waals surface area contributed by atoms with E-state index in [0.717, 1.165) is 29.7 Å². The van der Waals surface area contributed by atoms with E-state index in [4.69, 9.17) is 9.47 Å². The van der Waals surface area contributed by atoms with Crippen LogP contribution in [0.5, 0.6) is 5.75 Å². The third kappa shape index (κ3) is 3.55. The molecule has 1 fully saturated rings. The van der Waals surface area contributed by atoms with Crippen LogP contribution in [0.15, 0.2) is 48.5 Å². The van der Waals surface area contributed by atoms with Crippen LogP contribution in [-0.2, 0) is 15.9 Å². The summed E-state index contributed by atoms with van der Waals surface area (Å²) in [7, 11) is 0. The summed E-state index contributed by atoms with van der Waals surface area (Å²) in [6.07, 6.45) is -0.0900. The summed E-state index contributed by atoms with van der Waals surface area (Å²) in [4.78, 5) is 2.23. The number of aliphatic hydroxyl groups is 1. The van der Waals surface area contributed by atoms with Crippen LogP contribution in [0.25, 0.3) is 0 Å². The van der Waals surface area contributed by atoms with E-state index in [2.05, 4.69) is 4.90 Å². The number of phenolic OH excluding ortho intramolecular Hbond substituents is 1. The summed E-state index contributed by atoms with van der Waals surface area (Å²) < 4.78 is 11.8. The molecule has 2 aliphatic heterocycles. The minimum Gasteiger partial charge on any atom is -0.508 e. The molecule has 4 rings (SSSR count). The highest BCUT2D eigenvalue weighted by atomic mass is 16.7. The Bertz CT molecular complexity index is 713. The molecule has 1 unspecified atom stereocenters. The number of fused-ring (bicyclic) bond motifs is 1. The lowest BCUT2D eigenvalue weighted by Gasteiger charge is -2.37. The van der Waals surface area contributed by atoms with Crippen molar-refractivity contribution in [3.05, 3.63) is 65.2 Å². The van der Waals surface area contributed by atoms with Crippen molar-refractivity contribution in [2.45, 2.75) is 24.9 Å². The largest absolute Gasteiger partial charge is 0.508 e. The van der Waals surface area contributed by atoms with Crippen LogP contribution < -0.4 is 0 Å². The first kappa shape index (κ1) is 16.5. The Hall–Kier alpha value is -1.92. The number of phenols is 1. The third-order valence-electron chi connectivity index (χ3n) is 5.03. The highest BCUT2D eigenvalue weighted by Crippen LogP contribution is 2.30. The van der Waals surface area contributed by atoms with Crippen LogP contribution >= 0.6 is 0 Å². The third-order valence-corrected chi connectivity index (χ3v) is 5.03. The van der Waals surface area contributed by atoms with E-state index in [1.165, 1.54) is 0 Å². The van der Waals surface area contributed by atoms with Gasteiger partial charge >= 0.3 is 0 Å². The van der Waals surface area contributed by atoms with Crippen molar-refractivity contribution in [2.75, 3.05) is 26.3 Å². The van der Waals surface area contributed by atoms with E-state index in [9.17, 15) is 10.2 Å². The maximum atomic E-state index is 10.6. The van der Waals surface area contributed by atoms with Crippen molar-refractivity contribution in [3.8, 4) is 5.75 Å². The molecule has 1 saturated heterocycles. The molecule has 2 N–H and O–H groups in total. The molecule has 2 aromatic carbocycles. The molecular formula is C20H23NO4. The highest BCUT2D eigenvalue weighted by molar-refractivity contribution is 5.37. The molecule has 0 radical (unpaired) electrons. The first-order valence-electron chi connectivity index (χ1n) is 8.73. The normalized spacial score (nSPS) is 27.5. The van der Waals surface area contributed by atoms with Crippen molar-refractivity contribution in [1.29, 1.82) is 0 Å². The van der Waals surface area contributed by atoms with Crippen LogP contribution in [0.2, 0.25) is 0 Å². The van der Waals surface area contributed by atoms with E-state index in [1.54, 1.807) is 12.1 Å². The number of hydrogen-bond acceptors (Lipinski definition) is 5. The van der Waals surface area contributed by atoms with E-state index in [1.807, 2.05) is 36.4 Å². The number of rotatable bonds is 2. The molecular weight excluding hydrogens is 318 g/mol. The molecule has 2 aliphatic rings. The van der Waals surface area contributed by atoms with Crippen molar-refractivity contribution < 1.29 is 19.7 Å². The zero-order chi connectivity index (χ0) is 17.2. The van der Waals surface area contributed by atoms with Crippen LogP contribution in [0.4, 0.5) is 0 Å². The minimum atomic E-state index is -0.565. The topological polar surface area (TPSA) is 62.2 Å². The van der Waals surface area contributed by atoms with Gasteiger partial charge in [0.05, 0.1) is 25.4 Å². The highest BCUT2D eigenvalue weighted by Gasteiger charge is 2.31. The predicted molar refractivity (Wildman–Crippen MR) is 93.2 cm³/mol. The van der Waals surface area contributed by atoms with Crippen LogP contribution in [0, 0.1) is 0 Å². The predicted octanol–water partition coefficient (Wildman–Crippen LogP) is 2.40. The second-order valence-corrected chi connectivity index (χ2v) is 6.71. The maximum absolute atomic E-state index is 10.6. The van der Waals surface area contributed by atoms with Gasteiger partial charge in [-0.25, -0.2) is 0 Å². The van der Waals surface area contributed by atoms with Crippen molar-refractivity contribution in [1.82, 2.24) is 4.90 Å². The standard InChI is InChI=1S/C20H23NO4/c22-17-6-7-18-15(10-17)8-9-21(11-19(18)23)16-12-24-20(25-13-16)14-4-2-1-3-5-14/h1-7,10,16,19-20,22-23H,8-9,11-13H2. The molecule has 5 heteroatoms. The van der Waals surface area contributed by atoms with Gasteiger partial charge in [-0.05, 0) is 29.7 Å². The van der Waals surface area contributed by atoms with Gasteiger partial charge in [0, 0.05) is 18.7 Å². The fraction of sp³-hybridized carbons (Fsp3) is 0.400. The first-order chi connectivity index (χ1) is 12.2. The second kappa shape index (κ2) is 7.14. The number of β-amino-alcohol motifs (C(OH)–C–C–N with tert-alkyl or cyclic N) is 1. The molecule has 0 spiro atoms. The Labute approximate surface area is 147 Å². The molecule has 1 atom stereocenters. The van der Waals surface area contributed by atoms with Gasteiger partial charge in [0.25, 0.3) is 0 Å². The average Bonchev–Trinajstić information content (AvgIpc) is 2.81. The summed E-state index contributed by atoms with van der Waals surface area (Å²) in [6, 6.07) is 15.3. The Morgan fingerprint density at radius 3 is 2.52 bits per heavy atom.